The summed E-state index contributed by atoms with van der Waals surface area (Å²) in [6, 6.07) is 11.1. The summed E-state index contributed by atoms with van der Waals surface area (Å²) in [5.41, 5.74) is 1.63. The second-order valence-electron chi connectivity index (χ2n) is 6.94. The third-order valence-corrected chi connectivity index (χ3v) is 4.92. The molecule has 0 bridgehead atoms. The highest BCUT2D eigenvalue weighted by Crippen LogP contribution is 2.32. The van der Waals surface area contributed by atoms with Crippen molar-refractivity contribution >= 4 is 17.8 Å². The molecule has 0 unspecified atom stereocenters. The lowest BCUT2D eigenvalue weighted by Gasteiger charge is -2.13. The van der Waals surface area contributed by atoms with Gasteiger partial charge in [0.1, 0.15) is 11.8 Å². The number of nitrogens with one attached hydrogen (secondary N) is 2. The molecule has 2 aromatic carbocycles. The van der Waals surface area contributed by atoms with Gasteiger partial charge in [-0.2, -0.15) is 0 Å². The van der Waals surface area contributed by atoms with Gasteiger partial charge in [-0.1, -0.05) is 18.2 Å². The van der Waals surface area contributed by atoms with Crippen LogP contribution in [0.25, 0.3) is 0 Å². The van der Waals surface area contributed by atoms with Gasteiger partial charge in [-0.15, -0.1) is 0 Å². The first kappa shape index (κ1) is 19.6. The maximum atomic E-state index is 12.6. The number of nitrogens with zero attached hydrogens (tertiary/aromatic N) is 1. The monoisotopic (exact) mass is 411 g/mol. The minimum Gasteiger partial charge on any atom is -0.497 e. The summed E-state index contributed by atoms with van der Waals surface area (Å²) >= 11 is 0. The van der Waals surface area contributed by atoms with E-state index in [4.69, 9.17) is 14.2 Å². The fraction of sp³-hybridized carbons (Fsp3) is 0.286. The van der Waals surface area contributed by atoms with Gasteiger partial charge < -0.3 is 24.8 Å². The molecule has 4 rings (SSSR count). The van der Waals surface area contributed by atoms with E-state index in [9.17, 15) is 14.4 Å². The number of benzene rings is 2. The fourth-order valence-corrected chi connectivity index (χ4v) is 3.29. The summed E-state index contributed by atoms with van der Waals surface area (Å²) < 4.78 is 15.7. The molecule has 2 N–H and O–H groups in total. The van der Waals surface area contributed by atoms with E-state index in [1.807, 2.05) is 6.07 Å². The molecule has 0 saturated carbocycles. The van der Waals surface area contributed by atoms with Crippen molar-refractivity contribution in [2.75, 3.05) is 13.9 Å². The summed E-state index contributed by atoms with van der Waals surface area (Å²) in [6.45, 7) is 0.589. The highest BCUT2D eigenvalue weighted by molar-refractivity contribution is 6.05. The molecule has 1 saturated heterocycles. The summed E-state index contributed by atoms with van der Waals surface area (Å²) in [5, 5.41) is 5.33. The Morgan fingerprint density at radius 1 is 1.13 bits per heavy atom. The average Bonchev–Trinajstić information content (AvgIpc) is 3.32. The summed E-state index contributed by atoms with van der Waals surface area (Å²) in [5.74, 6) is 1.23. The van der Waals surface area contributed by atoms with E-state index >= 15 is 0 Å². The van der Waals surface area contributed by atoms with Crippen molar-refractivity contribution in [2.45, 2.75) is 25.6 Å². The standard InChI is InChI=1S/C21H21N3O6/c1-28-15-5-2-13(3-6-15)11-24-20(26)16(23-21(24)27)9-19(25)22-10-14-4-7-17-18(8-14)30-12-29-17/h2-8,16H,9-12H2,1H3,(H,22,25)(H,23,27)/t16-/m1/s1. The smallest absolute Gasteiger partial charge is 0.325 e. The van der Waals surface area contributed by atoms with Crippen LogP contribution in [0.2, 0.25) is 0 Å². The number of carbonyl (C=O) groups excluding carboxylic acids is 3. The normalized spacial score (nSPS) is 17.1. The molecule has 0 spiro atoms. The SMILES string of the molecule is COc1ccc(CN2C(=O)N[C@H](CC(=O)NCc3ccc4c(c3)OCO4)C2=O)cc1. The molecule has 2 heterocycles. The lowest BCUT2D eigenvalue weighted by molar-refractivity contribution is -0.131. The van der Waals surface area contributed by atoms with Crippen molar-refractivity contribution in [2.24, 2.45) is 0 Å². The molecule has 4 amide bonds. The van der Waals surface area contributed by atoms with Gasteiger partial charge in [0.05, 0.1) is 20.1 Å². The minimum atomic E-state index is -0.882. The van der Waals surface area contributed by atoms with Crippen molar-refractivity contribution < 1.29 is 28.6 Å². The Morgan fingerprint density at radius 2 is 1.87 bits per heavy atom. The Balaban J connectivity index is 1.30. The Hall–Kier alpha value is -3.75. The first-order valence-electron chi connectivity index (χ1n) is 9.43. The van der Waals surface area contributed by atoms with Crippen LogP contribution in [-0.4, -0.2) is 42.7 Å². The molecule has 0 radical (unpaired) electrons. The van der Waals surface area contributed by atoms with Gasteiger partial charge in [-0.05, 0) is 35.4 Å². The van der Waals surface area contributed by atoms with Crippen LogP contribution in [-0.2, 0) is 22.7 Å². The molecule has 0 aliphatic carbocycles. The summed E-state index contributed by atoms with van der Waals surface area (Å²) in [7, 11) is 1.56. The van der Waals surface area contributed by atoms with Crippen molar-refractivity contribution in [1.29, 1.82) is 0 Å². The zero-order valence-corrected chi connectivity index (χ0v) is 16.3. The summed E-state index contributed by atoms with van der Waals surface area (Å²) in [4.78, 5) is 38.2. The van der Waals surface area contributed by atoms with E-state index in [1.165, 1.54) is 0 Å². The first-order chi connectivity index (χ1) is 14.5. The number of urea groups is 1. The number of ether oxygens (including phenoxy) is 3. The maximum absolute atomic E-state index is 12.6. The van der Waals surface area contributed by atoms with Gasteiger partial charge in [0, 0.05) is 6.54 Å². The second-order valence-corrected chi connectivity index (χ2v) is 6.94. The van der Waals surface area contributed by atoms with E-state index < -0.39 is 18.0 Å². The average molecular weight is 411 g/mol. The zero-order chi connectivity index (χ0) is 21.1. The highest BCUT2D eigenvalue weighted by Gasteiger charge is 2.38. The van der Waals surface area contributed by atoms with Crippen LogP contribution in [0.4, 0.5) is 4.79 Å². The van der Waals surface area contributed by atoms with Crippen molar-refractivity contribution in [3.05, 3.63) is 53.6 Å². The molecule has 2 aromatic rings. The number of hydrogen-bond donors (Lipinski definition) is 2. The molecular formula is C21H21N3O6. The van der Waals surface area contributed by atoms with E-state index in [-0.39, 0.29) is 32.2 Å². The Bertz CT molecular complexity index is 975. The molecule has 9 nitrogen and oxygen atoms in total. The largest absolute Gasteiger partial charge is 0.497 e. The lowest BCUT2D eigenvalue weighted by Crippen LogP contribution is -2.36. The number of rotatable bonds is 7. The number of amides is 4. The van der Waals surface area contributed by atoms with Crippen LogP contribution in [0.3, 0.4) is 0 Å². The Labute approximate surface area is 172 Å². The van der Waals surface area contributed by atoms with Gasteiger partial charge in [-0.25, -0.2) is 4.79 Å². The molecule has 1 atom stereocenters. The Kier molecular flexibility index (Phi) is 5.42. The number of carbonyl (C=O) groups is 3. The van der Waals surface area contributed by atoms with Crippen molar-refractivity contribution in [3.63, 3.8) is 0 Å². The van der Waals surface area contributed by atoms with Gasteiger partial charge in [0.15, 0.2) is 11.5 Å². The van der Waals surface area contributed by atoms with Gasteiger partial charge in [0.25, 0.3) is 5.91 Å². The van der Waals surface area contributed by atoms with Crippen LogP contribution in [0.1, 0.15) is 17.5 Å². The number of hydrogen-bond acceptors (Lipinski definition) is 6. The van der Waals surface area contributed by atoms with E-state index in [1.54, 1.807) is 43.5 Å². The molecule has 2 aliphatic heterocycles. The maximum Gasteiger partial charge on any atom is 0.325 e. The molecule has 9 heteroatoms. The molecule has 156 valence electrons. The van der Waals surface area contributed by atoms with E-state index in [0.717, 1.165) is 16.0 Å². The highest BCUT2D eigenvalue weighted by atomic mass is 16.7. The summed E-state index contributed by atoms with van der Waals surface area (Å²) in [6.07, 6.45) is -0.131. The molecule has 30 heavy (non-hydrogen) atoms. The molecule has 0 aromatic heterocycles. The molecule has 1 fully saturated rings. The van der Waals surface area contributed by atoms with Crippen LogP contribution >= 0.6 is 0 Å². The topological polar surface area (TPSA) is 106 Å². The second kappa shape index (κ2) is 8.32. The van der Waals surface area contributed by atoms with Crippen LogP contribution < -0.4 is 24.8 Å². The third kappa shape index (κ3) is 4.14. The lowest BCUT2D eigenvalue weighted by atomic mass is 10.1. The molecule has 2 aliphatic rings. The third-order valence-electron chi connectivity index (χ3n) is 4.92. The van der Waals surface area contributed by atoms with E-state index in [2.05, 4.69) is 10.6 Å². The van der Waals surface area contributed by atoms with Crippen LogP contribution in [0.15, 0.2) is 42.5 Å². The van der Waals surface area contributed by atoms with Crippen LogP contribution in [0, 0.1) is 0 Å². The minimum absolute atomic E-state index is 0.129. The zero-order valence-electron chi connectivity index (χ0n) is 16.3. The van der Waals surface area contributed by atoms with Crippen molar-refractivity contribution in [1.82, 2.24) is 15.5 Å². The Morgan fingerprint density at radius 3 is 2.63 bits per heavy atom. The van der Waals surface area contributed by atoms with Gasteiger partial charge in [-0.3, -0.25) is 14.5 Å². The molecular weight excluding hydrogens is 390 g/mol. The van der Waals surface area contributed by atoms with Crippen molar-refractivity contribution in [3.8, 4) is 17.2 Å². The predicted molar refractivity (Wildman–Crippen MR) is 105 cm³/mol. The quantitative estimate of drug-likeness (QED) is 0.670. The van der Waals surface area contributed by atoms with E-state index in [0.29, 0.717) is 17.2 Å². The van der Waals surface area contributed by atoms with Gasteiger partial charge in [0.2, 0.25) is 12.7 Å². The fourth-order valence-electron chi connectivity index (χ4n) is 3.29. The predicted octanol–water partition coefficient (Wildman–Crippen LogP) is 1.55. The van der Waals surface area contributed by atoms with Crippen LogP contribution in [0.5, 0.6) is 17.2 Å². The first-order valence-corrected chi connectivity index (χ1v) is 9.43. The number of methoxy groups -OCH3 is 1. The number of imide groups is 1. The number of fused-ring (bicyclic) bond motifs is 1. The van der Waals surface area contributed by atoms with Gasteiger partial charge >= 0.3 is 6.03 Å².